The Bertz CT molecular complexity index is 1930. The maximum atomic E-state index is 13.9. The van der Waals surface area contributed by atoms with Gasteiger partial charge in [-0.05, 0) is 42.0 Å². The Kier molecular flexibility index (Phi) is 6.12. The van der Waals surface area contributed by atoms with Crippen LogP contribution in [0.4, 0.5) is 35.9 Å². The van der Waals surface area contributed by atoms with Crippen LogP contribution in [-0.2, 0) is 6.18 Å². The summed E-state index contributed by atoms with van der Waals surface area (Å²) in [5.41, 5.74) is 3.29. The van der Waals surface area contributed by atoms with Gasteiger partial charge in [-0.3, -0.25) is 4.79 Å². The minimum atomic E-state index is -4.43. The number of aromatic nitrogens is 1. The molecule has 2 heterocycles. The molecule has 0 amide bonds. The number of rotatable bonds is 5. The van der Waals surface area contributed by atoms with Crippen LogP contribution in [0.15, 0.2) is 83.4 Å². The van der Waals surface area contributed by atoms with E-state index in [1.54, 1.807) is 42.5 Å². The molecule has 1 aliphatic heterocycles. The number of halogens is 3. The molecule has 0 spiro atoms. The summed E-state index contributed by atoms with van der Waals surface area (Å²) in [6, 6.07) is 20.3. The van der Waals surface area contributed by atoms with E-state index < -0.39 is 17.7 Å². The topological polar surface area (TPSA) is 102 Å². The molecule has 43 heavy (non-hydrogen) atoms. The van der Waals surface area contributed by atoms with Crippen LogP contribution in [0.3, 0.4) is 0 Å². The third-order valence-electron chi connectivity index (χ3n) is 7.91. The van der Waals surface area contributed by atoms with Crippen LogP contribution in [-0.4, -0.2) is 43.1 Å². The van der Waals surface area contributed by atoms with Gasteiger partial charge in [0.05, 0.1) is 33.9 Å². The maximum absolute atomic E-state index is 13.9. The third kappa shape index (κ3) is 4.53. The fourth-order valence-electron chi connectivity index (χ4n) is 5.85. The van der Waals surface area contributed by atoms with E-state index in [1.807, 2.05) is 11.0 Å². The fraction of sp³-hybridized carbons (Fsp3) is 0.156. The van der Waals surface area contributed by atoms with Crippen molar-refractivity contribution in [3.05, 3.63) is 101 Å². The lowest BCUT2D eigenvalue weighted by Crippen LogP contribution is -2.46. The number of carboxylic acid groups (broad SMARTS) is 1. The largest absolute Gasteiger partial charge is 0.545 e. The Morgan fingerprint density at radius 2 is 1.60 bits per heavy atom. The summed E-state index contributed by atoms with van der Waals surface area (Å²) in [6.45, 7) is 1.84. The lowest BCUT2D eigenvalue weighted by Gasteiger charge is -2.38. The van der Waals surface area contributed by atoms with Gasteiger partial charge in [0.25, 0.3) is 0 Å². The van der Waals surface area contributed by atoms with Crippen LogP contribution in [0.5, 0.6) is 0 Å². The van der Waals surface area contributed by atoms with Crippen molar-refractivity contribution < 1.29 is 32.4 Å². The summed E-state index contributed by atoms with van der Waals surface area (Å²) in [6.07, 6.45) is -4.43. The Balaban J connectivity index is 1.29. The van der Waals surface area contributed by atoms with Gasteiger partial charge in [-0.15, -0.1) is 0 Å². The Morgan fingerprint density at radius 1 is 0.884 bits per heavy atom. The number of ketones is 1. The van der Waals surface area contributed by atoms with Crippen LogP contribution in [0.25, 0.3) is 22.2 Å². The van der Waals surface area contributed by atoms with E-state index in [0.717, 1.165) is 12.1 Å². The van der Waals surface area contributed by atoms with E-state index in [1.165, 1.54) is 18.2 Å². The van der Waals surface area contributed by atoms with Crippen LogP contribution in [0, 0.1) is 0 Å². The standard InChI is InChI=1S/C32H23F3N4O4/c33-32(34,35)19-6-4-8-21(16-19)38-11-13-39(14-12-38)25-17-24(36-20-7-3-5-18(15-20)31(41)42)26-27-28(25)37-43-30(27)23-10-2-1-9-22(23)29(26)40/h1-10,15-17,36H,11-14H2,(H,41,42)/p-1. The molecule has 5 aromatic rings. The second-order valence-electron chi connectivity index (χ2n) is 10.4. The molecule has 216 valence electrons. The van der Waals surface area contributed by atoms with Gasteiger partial charge < -0.3 is 29.5 Å². The van der Waals surface area contributed by atoms with Crippen LogP contribution < -0.4 is 20.2 Å². The number of nitrogens with one attached hydrogen (secondary N) is 1. The summed E-state index contributed by atoms with van der Waals surface area (Å²) < 4.78 is 45.8. The quantitative estimate of drug-likeness (QED) is 0.284. The number of hydrogen-bond acceptors (Lipinski definition) is 8. The molecule has 1 fully saturated rings. The van der Waals surface area contributed by atoms with E-state index in [2.05, 4.69) is 15.4 Å². The zero-order valence-electron chi connectivity index (χ0n) is 22.4. The average Bonchev–Trinajstić information content (AvgIpc) is 3.45. The number of anilines is 4. The highest BCUT2D eigenvalue weighted by Gasteiger charge is 2.35. The summed E-state index contributed by atoms with van der Waals surface area (Å²) in [5.74, 6) is -1.10. The maximum Gasteiger partial charge on any atom is 0.416 e. The van der Waals surface area contributed by atoms with Crippen LogP contribution in [0.1, 0.15) is 31.8 Å². The molecular formula is C32H22F3N4O4-. The minimum Gasteiger partial charge on any atom is -0.545 e. The van der Waals surface area contributed by atoms with Crippen LogP contribution >= 0.6 is 0 Å². The molecule has 7 rings (SSSR count). The molecule has 4 aromatic carbocycles. The second-order valence-corrected chi connectivity index (χ2v) is 10.4. The molecule has 8 nitrogen and oxygen atoms in total. The average molecular weight is 584 g/mol. The van der Waals surface area contributed by atoms with Gasteiger partial charge in [-0.25, -0.2) is 0 Å². The highest BCUT2D eigenvalue weighted by Crippen LogP contribution is 2.46. The lowest BCUT2D eigenvalue weighted by molar-refractivity contribution is -0.255. The zero-order chi connectivity index (χ0) is 29.9. The lowest BCUT2D eigenvalue weighted by atomic mass is 9.86. The molecule has 0 radical (unpaired) electrons. The Morgan fingerprint density at radius 3 is 2.35 bits per heavy atom. The molecule has 1 aromatic heterocycles. The number of piperazine rings is 1. The highest BCUT2D eigenvalue weighted by molar-refractivity contribution is 6.28. The number of nitrogens with zero attached hydrogens (tertiary/aromatic N) is 3. The van der Waals surface area contributed by atoms with Gasteiger partial charge in [0.15, 0.2) is 11.5 Å². The van der Waals surface area contributed by atoms with Crippen molar-refractivity contribution in [3.8, 4) is 11.3 Å². The van der Waals surface area contributed by atoms with E-state index in [9.17, 15) is 27.9 Å². The number of carbonyl (C=O) groups is 2. The van der Waals surface area contributed by atoms with Crippen molar-refractivity contribution in [2.75, 3.05) is 41.3 Å². The molecule has 0 atom stereocenters. The molecule has 2 aliphatic rings. The van der Waals surface area contributed by atoms with Crippen molar-refractivity contribution in [1.29, 1.82) is 0 Å². The molecule has 1 N–H and O–H groups in total. The summed E-state index contributed by atoms with van der Waals surface area (Å²) in [4.78, 5) is 29.3. The van der Waals surface area contributed by atoms with E-state index in [-0.39, 0.29) is 11.3 Å². The SMILES string of the molecule is O=C([O-])c1cccc(Nc2cc(N3CCN(c4cccc(C(F)(F)F)c4)CC3)c3noc4c3c2C(=O)c2ccccc2-4)c1. The number of fused-ring (bicyclic) bond motifs is 2. The monoisotopic (exact) mass is 583 g/mol. The van der Waals surface area contributed by atoms with Crippen molar-refractivity contribution in [2.24, 2.45) is 0 Å². The zero-order valence-corrected chi connectivity index (χ0v) is 22.4. The Hall–Kier alpha value is -5.32. The minimum absolute atomic E-state index is 0.0204. The van der Waals surface area contributed by atoms with Crippen molar-refractivity contribution in [1.82, 2.24) is 5.16 Å². The fourth-order valence-corrected chi connectivity index (χ4v) is 5.85. The van der Waals surface area contributed by atoms with Gasteiger partial charge in [0.2, 0.25) is 0 Å². The van der Waals surface area contributed by atoms with Gasteiger partial charge in [0, 0.05) is 48.7 Å². The normalized spacial score (nSPS) is 14.6. The van der Waals surface area contributed by atoms with Crippen molar-refractivity contribution in [3.63, 3.8) is 0 Å². The Labute approximate surface area is 242 Å². The number of hydrogen-bond donors (Lipinski definition) is 1. The first-order valence-electron chi connectivity index (χ1n) is 13.5. The van der Waals surface area contributed by atoms with Crippen molar-refractivity contribution >= 4 is 45.4 Å². The number of carboxylic acids is 1. The van der Waals surface area contributed by atoms with Gasteiger partial charge >= 0.3 is 6.18 Å². The predicted molar refractivity (Wildman–Crippen MR) is 153 cm³/mol. The molecule has 0 saturated carbocycles. The third-order valence-corrected chi connectivity index (χ3v) is 7.91. The first kappa shape index (κ1) is 26.6. The number of alkyl halides is 3. The van der Waals surface area contributed by atoms with Gasteiger partial charge in [-0.2, -0.15) is 13.2 Å². The predicted octanol–water partition coefficient (Wildman–Crippen LogP) is 5.49. The van der Waals surface area contributed by atoms with E-state index in [4.69, 9.17) is 4.52 Å². The molecule has 11 heteroatoms. The van der Waals surface area contributed by atoms with Crippen molar-refractivity contribution in [2.45, 2.75) is 6.18 Å². The first-order valence-corrected chi connectivity index (χ1v) is 13.5. The number of carbonyl (C=O) groups excluding carboxylic acids is 2. The molecular weight excluding hydrogens is 561 g/mol. The molecule has 0 bridgehead atoms. The van der Waals surface area contributed by atoms with Gasteiger partial charge in [-0.1, -0.05) is 47.6 Å². The van der Waals surface area contributed by atoms with E-state index in [0.29, 0.717) is 82.3 Å². The summed E-state index contributed by atoms with van der Waals surface area (Å²) in [5, 5.41) is 19.6. The number of benzene rings is 4. The molecule has 0 unspecified atom stereocenters. The van der Waals surface area contributed by atoms with Crippen LogP contribution in [0.2, 0.25) is 0 Å². The summed E-state index contributed by atoms with van der Waals surface area (Å²) >= 11 is 0. The first-order chi connectivity index (χ1) is 20.7. The van der Waals surface area contributed by atoms with Gasteiger partial charge in [0.1, 0.15) is 5.52 Å². The number of aromatic carboxylic acids is 1. The molecule has 1 saturated heterocycles. The summed E-state index contributed by atoms with van der Waals surface area (Å²) in [7, 11) is 0. The highest BCUT2D eigenvalue weighted by atomic mass is 19.4. The second kappa shape index (κ2) is 9.90. The smallest absolute Gasteiger partial charge is 0.416 e. The molecule has 1 aliphatic carbocycles. The van der Waals surface area contributed by atoms with E-state index >= 15 is 0 Å².